The largest absolute Gasteiger partial charge is 0.363 e. The van der Waals surface area contributed by atoms with Gasteiger partial charge in [-0.1, -0.05) is 6.07 Å². The van der Waals surface area contributed by atoms with E-state index in [1.807, 2.05) is 25.1 Å². The van der Waals surface area contributed by atoms with Crippen molar-refractivity contribution in [2.45, 2.75) is 6.92 Å². The number of amides is 1. The maximum atomic E-state index is 13.7. The van der Waals surface area contributed by atoms with Gasteiger partial charge in [0.05, 0.1) is 0 Å². The van der Waals surface area contributed by atoms with Gasteiger partial charge in [-0.3, -0.25) is 4.79 Å². The Labute approximate surface area is 161 Å². The Morgan fingerprint density at radius 2 is 1.57 bits per heavy atom. The molecular formula is C20H19F2N5O. The quantitative estimate of drug-likeness (QED) is 0.693. The Balaban J connectivity index is 1.73. The minimum atomic E-state index is -0.911. The van der Waals surface area contributed by atoms with E-state index >= 15 is 0 Å². The second-order valence-corrected chi connectivity index (χ2v) is 6.31. The van der Waals surface area contributed by atoms with Crippen molar-refractivity contribution in [3.05, 3.63) is 71.6 Å². The van der Waals surface area contributed by atoms with Crippen molar-refractivity contribution >= 4 is 28.9 Å². The van der Waals surface area contributed by atoms with Crippen molar-refractivity contribution in [1.29, 1.82) is 0 Å². The third-order valence-corrected chi connectivity index (χ3v) is 3.89. The number of aryl methyl sites for hydroxylation is 1. The van der Waals surface area contributed by atoms with Gasteiger partial charge in [-0.05, 0) is 43.3 Å². The van der Waals surface area contributed by atoms with Crippen LogP contribution in [0.25, 0.3) is 0 Å². The first-order chi connectivity index (χ1) is 13.3. The number of hydrogen-bond acceptors (Lipinski definition) is 5. The summed E-state index contributed by atoms with van der Waals surface area (Å²) in [6.07, 6.45) is 0. The second kappa shape index (κ2) is 7.99. The molecule has 1 heterocycles. The fourth-order valence-electron chi connectivity index (χ4n) is 2.54. The van der Waals surface area contributed by atoms with Crippen LogP contribution >= 0.6 is 0 Å². The van der Waals surface area contributed by atoms with Gasteiger partial charge in [0.1, 0.15) is 34.7 Å². The first kappa shape index (κ1) is 19.2. The predicted octanol–water partition coefficient (Wildman–Crippen LogP) is 4.13. The Morgan fingerprint density at radius 1 is 0.964 bits per heavy atom. The van der Waals surface area contributed by atoms with E-state index in [2.05, 4.69) is 20.6 Å². The highest BCUT2D eigenvalue weighted by atomic mass is 19.1. The lowest BCUT2D eigenvalue weighted by molar-refractivity contribution is 0.101. The smallest absolute Gasteiger partial charge is 0.261 e. The summed E-state index contributed by atoms with van der Waals surface area (Å²) in [6.45, 7) is 1.80. The highest BCUT2D eigenvalue weighted by Gasteiger charge is 2.17. The van der Waals surface area contributed by atoms with Gasteiger partial charge in [0.15, 0.2) is 0 Å². The van der Waals surface area contributed by atoms with Crippen molar-refractivity contribution in [1.82, 2.24) is 9.97 Å². The first-order valence-corrected chi connectivity index (χ1v) is 8.49. The highest BCUT2D eigenvalue weighted by Crippen LogP contribution is 2.21. The Kier molecular flexibility index (Phi) is 5.49. The van der Waals surface area contributed by atoms with Crippen LogP contribution in [0.5, 0.6) is 0 Å². The van der Waals surface area contributed by atoms with E-state index in [1.54, 1.807) is 31.2 Å². The molecule has 3 aromatic rings. The summed E-state index contributed by atoms with van der Waals surface area (Å²) in [5, 5.41) is 5.65. The summed E-state index contributed by atoms with van der Waals surface area (Å²) in [6, 6.07) is 11.8. The summed E-state index contributed by atoms with van der Waals surface area (Å²) >= 11 is 0. The van der Waals surface area contributed by atoms with Crippen LogP contribution in [0.15, 0.2) is 48.5 Å². The number of anilines is 4. The average Bonchev–Trinajstić information content (AvgIpc) is 2.62. The SMILES string of the molecule is Cc1nc(Nc2ccc(NC(=O)c3c(F)cccc3F)cc2)cc(N(C)C)n1. The standard InChI is InChI=1S/C20H19F2N5O/c1-12-23-17(11-18(24-12)27(2)3)25-13-7-9-14(10-8-13)26-20(28)19-15(21)5-4-6-16(19)22/h4-11H,1-3H3,(H,26,28)(H,23,24,25). The van der Waals surface area contributed by atoms with Crippen molar-refractivity contribution in [2.24, 2.45) is 0 Å². The maximum absolute atomic E-state index is 13.7. The van der Waals surface area contributed by atoms with Crippen molar-refractivity contribution in [3.8, 4) is 0 Å². The van der Waals surface area contributed by atoms with Gasteiger partial charge in [-0.25, -0.2) is 18.7 Å². The molecule has 0 unspecified atom stereocenters. The van der Waals surface area contributed by atoms with Crippen LogP contribution < -0.4 is 15.5 Å². The number of rotatable bonds is 5. The molecule has 28 heavy (non-hydrogen) atoms. The summed E-state index contributed by atoms with van der Waals surface area (Å²) < 4.78 is 27.4. The molecule has 1 aromatic heterocycles. The molecule has 1 amide bonds. The Morgan fingerprint density at radius 3 is 2.18 bits per heavy atom. The number of carbonyl (C=O) groups excluding carboxylic acids is 1. The van der Waals surface area contributed by atoms with E-state index < -0.39 is 23.1 Å². The lowest BCUT2D eigenvalue weighted by atomic mass is 10.1. The average molecular weight is 383 g/mol. The van der Waals surface area contributed by atoms with Gasteiger partial charge in [0, 0.05) is 31.5 Å². The normalized spacial score (nSPS) is 10.5. The lowest BCUT2D eigenvalue weighted by Gasteiger charge is -2.14. The topological polar surface area (TPSA) is 70.2 Å². The molecule has 3 rings (SSSR count). The number of benzene rings is 2. The minimum absolute atomic E-state index is 0.408. The van der Waals surface area contributed by atoms with Crippen LogP contribution in [0, 0.1) is 18.6 Å². The summed E-state index contributed by atoms with van der Waals surface area (Å²) in [4.78, 5) is 22.7. The molecule has 0 atom stereocenters. The van der Waals surface area contributed by atoms with Gasteiger partial charge >= 0.3 is 0 Å². The first-order valence-electron chi connectivity index (χ1n) is 8.49. The van der Waals surface area contributed by atoms with E-state index in [0.29, 0.717) is 17.3 Å². The molecule has 2 N–H and O–H groups in total. The zero-order chi connectivity index (χ0) is 20.3. The molecule has 6 nitrogen and oxygen atoms in total. The van der Waals surface area contributed by atoms with Crippen molar-refractivity contribution in [2.75, 3.05) is 29.6 Å². The van der Waals surface area contributed by atoms with Gasteiger partial charge in [0.25, 0.3) is 5.91 Å². The molecule has 2 aromatic carbocycles. The van der Waals surface area contributed by atoms with Crippen LogP contribution in [-0.2, 0) is 0 Å². The molecule has 0 fully saturated rings. The number of hydrogen-bond donors (Lipinski definition) is 2. The van der Waals surface area contributed by atoms with E-state index in [1.165, 1.54) is 6.07 Å². The number of halogens is 2. The fraction of sp³-hybridized carbons (Fsp3) is 0.150. The van der Waals surface area contributed by atoms with E-state index in [9.17, 15) is 13.6 Å². The molecule has 0 aliphatic heterocycles. The van der Waals surface area contributed by atoms with Crippen LogP contribution in [0.1, 0.15) is 16.2 Å². The molecule has 0 aliphatic rings. The van der Waals surface area contributed by atoms with Gasteiger partial charge in [-0.15, -0.1) is 0 Å². The summed E-state index contributed by atoms with van der Waals surface area (Å²) in [7, 11) is 3.78. The molecule has 8 heteroatoms. The van der Waals surface area contributed by atoms with E-state index in [4.69, 9.17) is 0 Å². The zero-order valence-corrected chi connectivity index (χ0v) is 15.6. The zero-order valence-electron chi connectivity index (χ0n) is 15.6. The number of nitrogens with one attached hydrogen (secondary N) is 2. The third-order valence-electron chi connectivity index (χ3n) is 3.89. The van der Waals surface area contributed by atoms with E-state index in [0.717, 1.165) is 23.6 Å². The van der Waals surface area contributed by atoms with Crippen LogP contribution in [0.3, 0.4) is 0 Å². The molecule has 0 radical (unpaired) electrons. The van der Waals surface area contributed by atoms with Gasteiger partial charge in [-0.2, -0.15) is 0 Å². The van der Waals surface area contributed by atoms with E-state index in [-0.39, 0.29) is 0 Å². The Hall–Kier alpha value is -3.55. The molecule has 0 saturated carbocycles. The van der Waals surface area contributed by atoms with Crippen molar-refractivity contribution < 1.29 is 13.6 Å². The van der Waals surface area contributed by atoms with Crippen LogP contribution in [-0.4, -0.2) is 30.0 Å². The molecule has 0 bridgehead atoms. The highest BCUT2D eigenvalue weighted by molar-refractivity contribution is 6.04. The molecule has 0 spiro atoms. The molecule has 0 aliphatic carbocycles. The van der Waals surface area contributed by atoms with Gasteiger partial charge < -0.3 is 15.5 Å². The molecule has 144 valence electrons. The monoisotopic (exact) mass is 383 g/mol. The van der Waals surface area contributed by atoms with Crippen LogP contribution in [0.2, 0.25) is 0 Å². The molecule has 0 saturated heterocycles. The minimum Gasteiger partial charge on any atom is -0.363 e. The van der Waals surface area contributed by atoms with Gasteiger partial charge in [0.2, 0.25) is 0 Å². The third kappa shape index (κ3) is 4.40. The number of nitrogens with zero attached hydrogens (tertiary/aromatic N) is 3. The van der Waals surface area contributed by atoms with Crippen LogP contribution in [0.4, 0.5) is 31.8 Å². The molecular weight excluding hydrogens is 364 g/mol. The maximum Gasteiger partial charge on any atom is 0.261 e. The predicted molar refractivity (Wildman–Crippen MR) is 105 cm³/mol. The lowest BCUT2D eigenvalue weighted by Crippen LogP contribution is -2.15. The van der Waals surface area contributed by atoms with Crippen molar-refractivity contribution in [3.63, 3.8) is 0 Å². The summed E-state index contributed by atoms with van der Waals surface area (Å²) in [5.41, 5.74) is 0.529. The Bertz CT molecular complexity index is 986. The second-order valence-electron chi connectivity index (χ2n) is 6.31. The number of carbonyl (C=O) groups is 1. The summed E-state index contributed by atoms with van der Waals surface area (Å²) in [5.74, 6) is -0.645. The fourth-order valence-corrected chi connectivity index (χ4v) is 2.54. The number of aromatic nitrogens is 2.